The highest BCUT2D eigenvalue weighted by Crippen LogP contribution is 2.32. The fraction of sp³-hybridized carbons (Fsp3) is 0.375. The molecule has 2 aliphatic heterocycles. The van der Waals surface area contributed by atoms with Gasteiger partial charge >= 0.3 is 0 Å². The molecule has 32 heavy (non-hydrogen) atoms. The summed E-state index contributed by atoms with van der Waals surface area (Å²) in [5.74, 6) is 0.743. The Kier molecular flexibility index (Phi) is 6.44. The molecule has 3 aliphatic rings. The van der Waals surface area contributed by atoms with Crippen LogP contribution in [-0.2, 0) is 11.2 Å². The monoisotopic (exact) mass is 427 g/mol. The van der Waals surface area contributed by atoms with Crippen molar-refractivity contribution in [1.29, 1.82) is 0 Å². The molecule has 0 amide bonds. The lowest BCUT2D eigenvalue weighted by Gasteiger charge is -2.24. The highest BCUT2D eigenvalue weighted by molar-refractivity contribution is 6.43. The predicted molar refractivity (Wildman–Crippen MR) is 124 cm³/mol. The molecule has 1 aromatic rings. The van der Waals surface area contributed by atoms with Crippen LogP contribution < -0.4 is 16.5 Å². The first-order chi connectivity index (χ1) is 15.6. The third-order valence-electron chi connectivity index (χ3n) is 6.02. The third kappa shape index (κ3) is 4.61. The molecule has 8 heteroatoms. The third-order valence-corrected chi connectivity index (χ3v) is 6.02. The van der Waals surface area contributed by atoms with E-state index >= 15 is 0 Å². The van der Waals surface area contributed by atoms with Crippen molar-refractivity contribution in [2.45, 2.75) is 44.1 Å². The molecule has 2 unspecified atom stereocenters. The van der Waals surface area contributed by atoms with Crippen molar-refractivity contribution in [1.82, 2.24) is 10.7 Å². The summed E-state index contributed by atoms with van der Waals surface area (Å²) in [6.45, 7) is 15.3. The zero-order valence-electron chi connectivity index (χ0n) is 17.8. The van der Waals surface area contributed by atoms with Crippen molar-refractivity contribution in [3.05, 3.63) is 75.8 Å². The molecular formula is C24H25N7O. The summed E-state index contributed by atoms with van der Waals surface area (Å²) in [6.07, 6.45) is 8.38. The van der Waals surface area contributed by atoms with Crippen LogP contribution in [0.3, 0.4) is 0 Å². The van der Waals surface area contributed by atoms with E-state index in [1.807, 2.05) is 6.07 Å². The SMILES string of the molecule is [C-]#[N+]NC1=NCC(c2ccc(CC(=O)C3=NC([N+]#[C-])=CC3N)c(C3=CCCCC3)c2)CN1. The molecule has 0 radical (unpaired) electrons. The van der Waals surface area contributed by atoms with Crippen LogP contribution in [0, 0.1) is 13.1 Å². The molecule has 2 atom stereocenters. The molecule has 2 heterocycles. The average molecular weight is 428 g/mol. The number of Topliss-reactive ketones (excluding diaryl/α,β-unsaturated/α-hetero) is 1. The van der Waals surface area contributed by atoms with Gasteiger partial charge in [-0.15, -0.1) is 4.99 Å². The topological polar surface area (TPSA) is 101 Å². The second kappa shape index (κ2) is 9.59. The lowest BCUT2D eigenvalue weighted by Crippen LogP contribution is -2.40. The van der Waals surface area contributed by atoms with E-state index in [1.165, 1.54) is 18.1 Å². The number of nitrogens with one attached hydrogen (secondary N) is 2. The highest BCUT2D eigenvalue weighted by atomic mass is 16.1. The summed E-state index contributed by atoms with van der Waals surface area (Å²) >= 11 is 0. The summed E-state index contributed by atoms with van der Waals surface area (Å²) in [7, 11) is 0. The van der Waals surface area contributed by atoms with Crippen molar-refractivity contribution in [2.24, 2.45) is 15.7 Å². The number of carbonyl (C=O) groups excluding carboxylic acids is 1. The number of aliphatic imine (C=N–C) groups is 2. The number of ketones is 1. The first kappa shape index (κ1) is 21.5. The number of carbonyl (C=O) groups is 1. The van der Waals surface area contributed by atoms with E-state index < -0.39 is 6.04 Å². The number of hydrogen-bond donors (Lipinski definition) is 3. The van der Waals surface area contributed by atoms with Crippen LogP contribution >= 0.6 is 0 Å². The van der Waals surface area contributed by atoms with Crippen LogP contribution in [0.2, 0.25) is 0 Å². The van der Waals surface area contributed by atoms with Gasteiger partial charge in [0.15, 0.2) is 5.71 Å². The van der Waals surface area contributed by atoms with E-state index in [1.54, 1.807) is 0 Å². The van der Waals surface area contributed by atoms with Crippen LogP contribution in [0.5, 0.6) is 0 Å². The van der Waals surface area contributed by atoms with Gasteiger partial charge in [-0.1, -0.05) is 36.3 Å². The average Bonchev–Trinajstić information content (AvgIpc) is 3.21. The van der Waals surface area contributed by atoms with Crippen molar-refractivity contribution < 1.29 is 4.79 Å². The Balaban J connectivity index is 1.60. The van der Waals surface area contributed by atoms with Crippen LogP contribution in [0.25, 0.3) is 15.4 Å². The van der Waals surface area contributed by atoms with E-state index in [-0.39, 0.29) is 29.7 Å². The standard InChI is InChI=1S/C24H25N7O/c1-26-22-12-20(25)23(30-22)21(32)11-17-9-8-16(10-19(17)15-6-4-3-5-7-15)18-13-28-24(29-14-18)31-27-2/h6,8-10,12,18,20H,3-5,7,11,13-14,25H2,(H2,28,29,31). The molecule has 162 valence electrons. The minimum atomic E-state index is -0.618. The molecular weight excluding hydrogens is 402 g/mol. The van der Waals surface area contributed by atoms with E-state index in [4.69, 9.17) is 18.9 Å². The Bertz CT molecular complexity index is 1130. The Hall–Kier alpha value is -3.75. The van der Waals surface area contributed by atoms with Gasteiger partial charge in [-0.3, -0.25) is 4.79 Å². The van der Waals surface area contributed by atoms with Gasteiger partial charge in [0.1, 0.15) is 0 Å². The number of nitrogens with zero attached hydrogens (tertiary/aromatic N) is 4. The number of nitrogens with two attached hydrogens (primary N) is 1. The predicted octanol–water partition coefficient (Wildman–Crippen LogP) is 2.76. The maximum absolute atomic E-state index is 13.0. The molecule has 0 saturated carbocycles. The second-order valence-electron chi connectivity index (χ2n) is 8.14. The summed E-state index contributed by atoms with van der Waals surface area (Å²) in [5, 5.41) is 3.16. The number of allylic oxidation sites excluding steroid dienone is 2. The lowest BCUT2D eigenvalue weighted by atomic mass is 9.85. The van der Waals surface area contributed by atoms with Crippen LogP contribution in [0.1, 0.15) is 48.3 Å². The Morgan fingerprint density at radius 3 is 2.84 bits per heavy atom. The first-order valence-corrected chi connectivity index (χ1v) is 10.8. The molecule has 1 aromatic carbocycles. The van der Waals surface area contributed by atoms with Gasteiger partial charge in [0, 0.05) is 18.9 Å². The van der Waals surface area contributed by atoms with Gasteiger partial charge in [-0.2, -0.15) is 11.5 Å². The minimum absolute atomic E-state index is 0.142. The number of benzene rings is 1. The molecule has 0 spiro atoms. The minimum Gasteiger partial charge on any atom is -0.361 e. The van der Waals surface area contributed by atoms with Crippen LogP contribution in [0.15, 0.2) is 46.2 Å². The fourth-order valence-corrected chi connectivity index (χ4v) is 4.33. The quantitative estimate of drug-likeness (QED) is 0.497. The zero-order chi connectivity index (χ0) is 22.5. The van der Waals surface area contributed by atoms with E-state index in [2.05, 4.69) is 48.7 Å². The molecule has 1 aliphatic carbocycles. The smallest absolute Gasteiger partial charge is 0.268 e. The van der Waals surface area contributed by atoms with Gasteiger partial charge in [-0.25, -0.2) is 4.99 Å². The highest BCUT2D eigenvalue weighted by Gasteiger charge is 2.29. The summed E-state index contributed by atoms with van der Waals surface area (Å²) in [6, 6.07) is 5.66. The van der Waals surface area contributed by atoms with Gasteiger partial charge in [0.05, 0.1) is 12.6 Å². The van der Waals surface area contributed by atoms with Crippen LogP contribution in [0.4, 0.5) is 0 Å². The molecule has 0 saturated heterocycles. The lowest BCUT2D eigenvalue weighted by molar-refractivity contribution is -0.112. The summed E-state index contributed by atoms with van der Waals surface area (Å²) in [5.41, 5.74) is 13.3. The van der Waals surface area contributed by atoms with E-state index in [0.717, 1.165) is 36.0 Å². The van der Waals surface area contributed by atoms with Gasteiger partial charge in [0.25, 0.3) is 11.8 Å². The Morgan fingerprint density at radius 2 is 2.19 bits per heavy atom. The molecule has 0 fully saturated rings. The van der Waals surface area contributed by atoms with Crippen LogP contribution in [-0.4, -0.2) is 36.6 Å². The number of rotatable bonds is 5. The second-order valence-corrected chi connectivity index (χ2v) is 8.14. The normalized spacial score (nSPS) is 22.3. The number of hydrogen-bond acceptors (Lipinski definition) is 6. The summed E-state index contributed by atoms with van der Waals surface area (Å²) < 4.78 is 0. The first-order valence-electron chi connectivity index (χ1n) is 10.8. The Labute approximate surface area is 187 Å². The van der Waals surface area contributed by atoms with Gasteiger partial charge < -0.3 is 15.9 Å². The molecule has 4 N–H and O–H groups in total. The molecule has 4 rings (SSSR count). The number of guanidine groups is 1. The van der Waals surface area contributed by atoms with Crippen molar-refractivity contribution >= 4 is 23.0 Å². The largest absolute Gasteiger partial charge is 0.361 e. The molecule has 0 bridgehead atoms. The fourth-order valence-electron chi connectivity index (χ4n) is 4.33. The maximum Gasteiger partial charge on any atom is 0.268 e. The van der Waals surface area contributed by atoms with E-state index in [9.17, 15) is 4.79 Å². The summed E-state index contributed by atoms with van der Waals surface area (Å²) in [4.78, 5) is 28.0. The Morgan fingerprint density at radius 1 is 1.31 bits per heavy atom. The van der Waals surface area contributed by atoms with Gasteiger partial charge in [-0.05, 0) is 54.0 Å². The maximum atomic E-state index is 13.0. The van der Waals surface area contributed by atoms with Crippen molar-refractivity contribution in [3.8, 4) is 0 Å². The van der Waals surface area contributed by atoms with Gasteiger partial charge in [0.2, 0.25) is 5.78 Å². The van der Waals surface area contributed by atoms with Crippen molar-refractivity contribution in [3.63, 3.8) is 0 Å². The zero-order valence-corrected chi connectivity index (χ0v) is 17.8. The molecule has 8 nitrogen and oxygen atoms in total. The van der Waals surface area contributed by atoms with E-state index in [0.29, 0.717) is 19.0 Å². The molecule has 0 aromatic heterocycles. The van der Waals surface area contributed by atoms with Crippen molar-refractivity contribution in [2.75, 3.05) is 13.1 Å².